The summed E-state index contributed by atoms with van der Waals surface area (Å²) in [6.45, 7) is 2.24. The van der Waals surface area contributed by atoms with Gasteiger partial charge in [0.15, 0.2) is 0 Å². The summed E-state index contributed by atoms with van der Waals surface area (Å²) >= 11 is 0. The van der Waals surface area contributed by atoms with Crippen molar-refractivity contribution in [2.24, 2.45) is 5.92 Å². The SMILES string of the molecule is CCCCOc1ccc([C@@H]2[C@@H]([C@H](O)CO)C(=O)N2c2ccc(F)cc2)cc1. The molecule has 0 unspecified atom stereocenters. The third kappa shape index (κ3) is 3.96. The number of hydrogen-bond acceptors (Lipinski definition) is 4. The first-order chi connectivity index (χ1) is 13.1. The second-order valence-electron chi connectivity index (χ2n) is 6.68. The highest BCUT2D eigenvalue weighted by atomic mass is 19.1. The van der Waals surface area contributed by atoms with Gasteiger partial charge in [0.25, 0.3) is 0 Å². The van der Waals surface area contributed by atoms with Gasteiger partial charge in [0.2, 0.25) is 5.91 Å². The largest absolute Gasteiger partial charge is 0.494 e. The molecule has 0 radical (unpaired) electrons. The number of ether oxygens (including phenoxy) is 1. The lowest BCUT2D eigenvalue weighted by molar-refractivity contribution is -0.137. The van der Waals surface area contributed by atoms with Crippen LogP contribution in [-0.4, -0.2) is 35.4 Å². The molecule has 1 fully saturated rings. The predicted octanol–water partition coefficient (Wildman–Crippen LogP) is 3.06. The van der Waals surface area contributed by atoms with Crippen molar-refractivity contribution in [1.29, 1.82) is 0 Å². The molecule has 2 aromatic carbocycles. The number of carbonyl (C=O) groups is 1. The van der Waals surface area contributed by atoms with Crippen molar-refractivity contribution in [3.63, 3.8) is 0 Å². The normalized spacial score (nSPS) is 20.3. The first kappa shape index (κ1) is 19.3. The Bertz CT molecular complexity index is 763. The molecule has 0 spiro atoms. The van der Waals surface area contributed by atoms with Crippen LogP contribution in [-0.2, 0) is 4.79 Å². The molecule has 2 N–H and O–H groups in total. The molecule has 3 atom stereocenters. The first-order valence-electron chi connectivity index (χ1n) is 9.17. The van der Waals surface area contributed by atoms with E-state index in [-0.39, 0.29) is 11.7 Å². The highest BCUT2D eigenvalue weighted by molar-refractivity contribution is 6.03. The van der Waals surface area contributed by atoms with E-state index in [1.165, 1.54) is 29.2 Å². The summed E-state index contributed by atoms with van der Waals surface area (Å²) in [5.74, 6) is -0.683. The van der Waals surface area contributed by atoms with Gasteiger partial charge in [-0.05, 0) is 48.4 Å². The zero-order valence-corrected chi connectivity index (χ0v) is 15.2. The summed E-state index contributed by atoms with van der Waals surface area (Å²) in [6, 6.07) is 12.6. The second-order valence-corrected chi connectivity index (χ2v) is 6.68. The minimum Gasteiger partial charge on any atom is -0.494 e. The Labute approximate surface area is 158 Å². The van der Waals surface area contributed by atoms with Crippen LogP contribution >= 0.6 is 0 Å². The summed E-state index contributed by atoms with van der Waals surface area (Å²) in [6.07, 6.45) is 0.872. The van der Waals surface area contributed by atoms with Gasteiger partial charge >= 0.3 is 0 Å². The number of benzene rings is 2. The van der Waals surface area contributed by atoms with Crippen LogP contribution in [0.5, 0.6) is 5.75 Å². The molecule has 1 heterocycles. The van der Waals surface area contributed by atoms with Crippen LogP contribution in [0.3, 0.4) is 0 Å². The molecule has 6 heteroatoms. The number of unbranched alkanes of at least 4 members (excludes halogenated alkanes) is 1. The van der Waals surface area contributed by atoms with Crippen LogP contribution in [0, 0.1) is 11.7 Å². The molecule has 0 saturated carbocycles. The molecule has 1 aliphatic heterocycles. The van der Waals surface area contributed by atoms with Crippen molar-refractivity contribution in [2.75, 3.05) is 18.1 Å². The van der Waals surface area contributed by atoms with Crippen molar-refractivity contribution < 1.29 is 24.1 Å². The summed E-state index contributed by atoms with van der Waals surface area (Å²) in [7, 11) is 0. The first-order valence-corrected chi connectivity index (χ1v) is 9.17. The zero-order chi connectivity index (χ0) is 19.4. The molecule has 3 rings (SSSR count). The van der Waals surface area contributed by atoms with Crippen molar-refractivity contribution >= 4 is 11.6 Å². The maximum atomic E-state index is 13.2. The monoisotopic (exact) mass is 373 g/mol. The molecule has 0 aliphatic carbocycles. The molecule has 1 aliphatic rings. The summed E-state index contributed by atoms with van der Waals surface area (Å²) in [4.78, 5) is 14.1. The zero-order valence-electron chi connectivity index (χ0n) is 15.2. The number of nitrogens with zero attached hydrogens (tertiary/aromatic N) is 1. The lowest BCUT2D eigenvalue weighted by Gasteiger charge is -2.49. The number of halogens is 1. The van der Waals surface area contributed by atoms with E-state index >= 15 is 0 Å². The van der Waals surface area contributed by atoms with Crippen LogP contribution in [0.4, 0.5) is 10.1 Å². The molecule has 0 bridgehead atoms. The number of amides is 1. The van der Waals surface area contributed by atoms with Gasteiger partial charge in [-0.1, -0.05) is 25.5 Å². The number of carbonyl (C=O) groups excluding carboxylic acids is 1. The van der Waals surface area contributed by atoms with Crippen LogP contribution in [0.15, 0.2) is 48.5 Å². The van der Waals surface area contributed by atoms with Gasteiger partial charge in [-0.25, -0.2) is 4.39 Å². The van der Waals surface area contributed by atoms with Crippen LogP contribution in [0.1, 0.15) is 31.4 Å². The number of hydrogen-bond donors (Lipinski definition) is 2. The molecule has 5 nitrogen and oxygen atoms in total. The number of β-lactam (4-membered cyclic amide) rings is 1. The summed E-state index contributed by atoms with van der Waals surface area (Å²) < 4.78 is 18.9. The fourth-order valence-corrected chi connectivity index (χ4v) is 3.34. The summed E-state index contributed by atoms with van der Waals surface area (Å²) in [5, 5.41) is 19.4. The fourth-order valence-electron chi connectivity index (χ4n) is 3.34. The molecule has 1 amide bonds. The van der Waals surface area contributed by atoms with E-state index in [0.717, 1.165) is 24.2 Å². The number of aliphatic hydroxyl groups excluding tert-OH is 2. The van der Waals surface area contributed by atoms with E-state index in [9.17, 15) is 19.4 Å². The van der Waals surface area contributed by atoms with E-state index in [1.807, 2.05) is 24.3 Å². The van der Waals surface area contributed by atoms with Gasteiger partial charge in [-0.15, -0.1) is 0 Å². The quantitative estimate of drug-likeness (QED) is 0.551. The van der Waals surface area contributed by atoms with Crippen LogP contribution in [0.2, 0.25) is 0 Å². The molecule has 1 saturated heterocycles. The van der Waals surface area contributed by atoms with Crippen LogP contribution in [0.25, 0.3) is 0 Å². The molecule has 144 valence electrons. The number of anilines is 1. The number of rotatable bonds is 8. The Hall–Kier alpha value is -2.44. The van der Waals surface area contributed by atoms with Crippen molar-refractivity contribution in [3.05, 3.63) is 59.9 Å². The van der Waals surface area contributed by atoms with E-state index in [4.69, 9.17) is 4.74 Å². The van der Waals surface area contributed by atoms with E-state index in [1.54, 1.807) is 0 Å². The number of aliphatic hydroxyl groups is 2. The molecule has 27 heavy (non-hydrogen) atoms. The third-order valence-corrected chi connectivity index (χ3v) is 4.84. The maximum Gasteiger partial charge on any atom is 0.235 e. The lowest BCUT2D eigenvalue weighted by Crippen LogP contribution is -2.60. The Morgan fingerprint density at radius 2 is 1.81 bits per heavy atom. The van der Waals surface area contributed by atoms with Crippen molar-refractivity contribution in [2.45, 2.75) is 31.9 Å². The Morgan fingerprint density at radius 3 is 2.41 bits per heavy atom. The molecule has 0 aromatic heterocycles. The Balaban J connectivity index is 1.85. The maximum absolute atomic E-state index is 13.2. The molecular formula is C21H24FNO4. The smallest absolute Gasteiger partial charge is 0.235 e. The lowest BCUT2D eigenvalue weighted by atomic mass is 9.78. The van der Waals surface area contributed by atoms with Crippen molar-refractivity contribution in [3.8, 4) is 5.75 Å². The van der Waals surface area contributed by atoms with Gasteiger partial charge in [0.1, 0.15) is 11.6 Å². The van der Waals surface area contributed by atoms with Gasteiger partial charge < -0.3 is 19.8 Å². The minimum absolute atomic E-state index is 0.295. The third-order valence-electron chi connectivity index (χ3n) is 4.84. The molecule has 2 aromatic rings. The van der Waals surface area contributed by atoms with Gasteiger partial charge in [-0.2, -0.15) is 0 Å². The summed E-state index contributed by atoms with van der Waals surface area (Å²) in [5.41, 5.74) is 1.37. The standard InChI is InChI=1S/C21H24FNO4/c1-2-3-12-27-17-10-4-14(5-11-17)20-19(18(25)13-24)21(26)23(20)16-8-6-15(22)7-9-16/h4-11,18-20,24-25H,2-3,12-13H2,1H3/t18-,19-,20-/m1/s1. The highest BCUT2D eigenvalue weighted by Gasteiger charge is 2.52. The fraction of sp³-hybridized carbons (Fsp3) is 0.381. The van der Waals surface area contributed by atoms with E-state index < -0.39 is 24.7 Å². The van der Waals surface area contributed by atoms with Crippen molar-refractivity contribution in [1.82, 2.24) is 0 Å². The topological polar surface area (TPSA) is 70.0 Å². The predicted molar refractivity (Wildman–Crippen MR) is 100 cm³/mol. The van der Waals surface area contributed by atoms with E-state index in [2.05, 4.69) is 6.92 Å². The van der Waals surface area contributed by atoms with E-state index in [0.29, 0.717) is 12.3 Å². The van der Waals surface area contributed by atoms with Crippen LogP contribution < -0.4 is 9.64 Å². The van der Waals surface area contributed by atoms with Gasteiger partial charge in [-0.3, -0.25) is 4.79 Å². The average Bonchev–Trinajstić information content (AvgIpc) is 2.68. The highest BCUT2D eigenvalue weighted by Crippen LogP contribution is 2.45. The van der Waals surface area contributed by atoms with Gasteiger partial charge in [0, 0.05) is 5.69 Å². The Kier molecular flexibility index (Phi) is 6.08. The van der Waals surface area contributed by atoms with Gasteiger partial charge in [0.05, 0.1) is 31.3 Å². The average molecular weight is 373 g/mol. The molecular weight excluding hydrogens is 349 g/mol. The second kappa shape index (κ2) is 8.50. The minimum atomic E-state index is -1.15. The Morgan fingerprint density at radius 1 is 1.15 bits per heavy atom.